The van der Waals surface area contributed by atoms with Gasteiger partial charge in [0.25, 0.3) is 5.91 Å². The molecule has 0 radical (unpaired) electrons. The fraction of sp³-hybridized carbons (Fsp3) is 0.263. The third kappa shape index (κ3) is 4.89. The summed E-state index contributed by atoms with van der Waals surface area (Å²) in [5, 5.41) is 0. The Morgan fingerprint density at radius 3 is 2.04 bits per heavy atom. The maximum atomic E-state index is 12.0. The minimum atomic E-state index is -0.369. The maximum absolute atomic E-state index is 12.0. The number of benzene rings is 2. The Kier molecular flexibility index (Phi) is 6.84. The number of hydrogen-bond donors (Lipinski definition) is 2. The number of amides is 2. The molecule has 138 valence electrons. The predicted molar refractivity (Wildman–Crippen MR) is 96.5 cm³/mol. The fourth-order valence-corrected chi connectivity index (χ4v) is 2.39. The molecule has 0 aliphatic heterocycles. The Morgan fingerprint density at radius 1 is 0.885 bits per heavy atom. The molecule has 0 saturated carbocycles. The quantitative estimate of drug-likeness (QED) is 0.741. The Bertz CT molecular complexity index is 737. The van der Waals surface area contributed by atoms with Crippen LogP contribution in [0.5, 0.6) is 17.2 Å². The Balaban J connectivity index is 1.92. The van der Waals surface area contributed by atoms with E-state index in [9.17, 15) is 9.59 Å². The first kappa shape index (κ1) is 19.1. The van der Waals surface area contributed by atoms with Crippen molar-refractivity contribution >= 4 is 11.8 Å². The van der Waals surface area contributed by atoms with Crippen LogP contribution in [-0.4, -0.2) is 33.1 Å². The van der Waals surface area contributed by atoms with Gasteiger partial charge < -0.3 is 14.2 Å². The number of carbonyl (C=O) groups excluding carboxylic acids is 2. The van der Waals surface area contributed by atoms with Gasteiger partial charge in [0, 0.05) is 12.0 Å². The van der Waals surface area contributed by atoms with Crippen LogP contribution in [-0.2, 0) is 11.2 Å². The highest BCUT2D eigenvalue weighted by Crippen LogP contribution is 2.38. The molecule has 0 bridgehead atoms. The van der Waals surface area contributed by atoms with Gasteiger partial charge in [-0.15, -0.1) is 0 Å². The summed E-state index contributed by atoms with van der Waals surface area (Å²) in [6.45, 7) is 0. The maximum Gasteiger partial charge on any atom is 0.269 e. The molecule has 7 nitrogen and oxygen atoms in total. The first-order chi connectivity index (χ1) is 12.6. The van der Waals surface area contributed by atoms with Crippen LogP contribution in [0.3, 0.4) is 0 Å². The molecular formula is C19H22N2O5. The zero-order valence-corrected chi connectivity index (χ0v) is 15.0. The summed E-state index contributed by atoms with van der Waals surface area (Å²) in [7, 11) is 4.60. The second-order valence-electron chi connectivity index (χ2n) is 5.40. The Morgan fingerprint density at radius 2 is 1.50 bits per heavy atom. The summed E-state index contributed by atoms with van der Waals surface area (Å²) in [4.78, 5) is 23.9. The number of hydrazine groups is 1. The van der Waals surface area contributed by atoms with Gasteiger partial charge in [-0.05, 0) is 36.2 Å². The molecule has 0 aliphatic rings. The van der Waals surface area contributed by atoms with E-state index >= 15 is 0 Å². The van der Waals surface area contributed by atoms with E-state index in [0.29, 0.717) is 29.2 Å². The highest BCUT2D eigenvalue weighted by Gasteiger charge is 2.14. The number of methoxy groups -OCH3 is 3. The third-order valence-electron chi connectivity index (χ3n) is 3.72. The first-order valence-electron chi connectivity index (χ1n) is 8.02. The number of aryl methyl sites for hydroxylation is 1. The van der Waals surface area contributed by atoms with Crippen LogP contribution in [0.2, 0.25) is 0 Å². The normalized spacial score (nSPS) is 9.96. The van der Waals surface area contributed by atoms with Crippen LogP contribution in [0, 0.1) is 0 Å². The van der Waals surface area contributed by atoms with E-state index < -0.39 is 0 Å². The SMILES string of the molecule is COc1cc(CCC(=O)NNC(=O)c2ccccc2)cc(OC)c1OC. The van der Waals surface area contributed by atoms with Crippen LogP contribution in [0.15, 0.2) is 42.5 Å². The summed E-state index contributed by atoms with van der Waals surface area (Å²) >= 11 is 0. The number of rotatable bonds is 7. The van der Waals surface area contributed by atoms with E-state index in [1.807, 2.05) is 6.07 Å². The molecular weight excluding hydrogens is 336 g/mol. The summed E-state index contributed by atoms with van der Waals surface area (Å²) < 4.78 is 15.9. The van der Waals surface area contributed by atoms with Gasteiger partial charge in [0.15, 0.2) is 11.5 Å². The lowest BCUT2D eigenvalue weighted by molar-refractivity contribution is -0.121. The summed E-state index contributed by atoms with van der Waals surface area (Å²) in [5.41, 5.74) is 6.12. The van der Waals surface area contributed by atoms with Gasteiger partial charge in [0.2, 0.25) is 11.7 Å². The second kappa shape index (κ2) is 9.31. The van der Waals surface area contributed by atoms with Crippen molar-refractivity contribution in [2.75, 3.05) is 21.3 Å². The number of carbonyl (C=O) groups is 2. The fourth-order valence-electron chi connectivity index (χ4n) is 2.39. The standard InChI is InChI=1S/C19H22N2O5/c1-24-15-11-13(12-16(25-2)18(15)26-3)9-10-17(22)20-21-19(23)14-7-5-4-6-8-14/h4-8,11-12H,9-10H2,1-3H3,(H,20,22)(H,21,23). The third-order valence-corrected chi connectivity index (χ3v) is 3.72. The minimum absolute atomic E-state index is 0.188. The van der Waals surface area contributed by atoms with E-state index in [2.05, 4.69) is 10.9 Å². The molecule has 2 rings (SSSR count). The average Bonchev–Trinajstić information content (AvgIpc) is 2.69. The molecule has 0 heterocycles. The lowest BCUT2D eigenvalue weighted by Crippen LogP contribution is -2.41. The molecule has 0 aromatic heterocycles. The lowest BCUT2D eigenvalue weighted by Gasteiger charge is -2.14. The van der Waals surface area contributed by atoms with Crippen molar-refractivity contribution in [1.82, 2.24) is 10.9 Å². The Labute approximate surface area is 152 Å². The molecule has 0 atom stereocenters. The first-order valence-corrected chi connectivity index (χ1v) is 8.02. The van der Waals surface area contributed by atoms with Gasteiger partial charge in [0.1, 0.15) is 0 Å². The van der Waals surface area contributed by atoms with Crippen molar-refractivity contribution in [2.45, 2.75) is 12.8 Å². The van der Waals surface area contributed by atoms with E-state index in [1.165, 1.54) is 21.3 Å². The zero-order valence-electron chi connectivity index (χ0n) is 15.0. The summed E-state index contributed by atoms with van der Waals surface area (Å²) in [5.74, 6) is 0.882. The van der Waals surface area contributed by atoms with E-state index in [1.54, 1.807) is 36.4 Å². The summed E-state index contributed by atoms with van der Waals surface area (Å²) in [6.07, 6.45) is 0.636. The van der Waals surface area contributed by atoms with E-state index in [-0.39, 0.29) is 18.2 Å². The van der Waals surface area contributed by atoms with Crippen LogP contribution >= 0.6 is 0 Å². The molecule has 0 aliphatic carbocycles. The van der Waals surface area contributed by atoms with Gasteiger partial charge in [-0.1, -0.05) is 18.2 Å². The van der Waals surface area contributed by atoms with Crippen molar-refractivity contribution < 1.29 is 23.8 Å². The molecule has 26 heavy (non-hydrogen) atoms. The van der Waals surface area contributed by atoms with Crippen LogP contribution < -0.4 is 25.1 Å². The van der Waals surface area contributed by atoms with Crippen LogP contribution in [0.4, 0.5) is 0 Å². The van der Waals surface area contributed by atoms with Gasteiger partial charge in [0.05, 0.1) is 21.3 Å². The molecule has 2 aromatic carbocycles. The second-order valence-corrected chi connectivity index (χ2v) is 5.40. The number of nitrogens with one attached hydrogen (secondary N) is 2. The molecule has 2 amide bonds. The molecule has 2 aromatic rings. The monoisotopic (exact) mass is 358 g/mol. The predicted octanol–water partition coefficient (Wildman–Crippen LogP) is 2.11. The zero-order chi connectivity index (χ0) is 18.9. The van der Waals surface area contributed by atoms with Crippen molar-refractivity contribution in [3.63, 3.8) is 0 Å². The van der Waals surface area contributed by atoms with Crippen molar-refractivity contribution in [3.8, 4) is 17.2 Å². The molecule has 0 spiro atoms. The topological polar surface area (TPSA) is 85.9 Å². The van der Waals surface area contributed by atoms with Gasteiger partial charge >= 0.3 is 0 Å². The highest BCUT2D eigenvalue weighted by molar-refractivity contribution is 5.95. The highest BCUT2D eigenvalue weighted by atomic mass is 16.5. The van der Waals surface area contributed by atoms with Gasteiger partial charge in [-0.2, -0.15) is 0 Å². The van der Waals surface area contributed by atoms with Crippen LogP contribution in [0.1, 0.15) is 22.3 Å². The number of ether oxygens (including phenoxy) is 3. The largest absolute Gasteiger partial charge is 0.493 e. The lowest BCUT2D eigenvalue weighted by atomic mass is 10.1. The van der Waals surface area contributed by atoms with Gasteiger partial charge in [-0.25, -0.2) is 0 Å². The molecule has 0 unspecified atom stereocenters. The number of hydrogen-bond acceptors (Lipinski definition) is 5. The molecule has 2 N–H and O–H groups in total. The molecule has 0 fully saturated rings. The van der Waals surface area contributed by atoms with Crippen molar-refractivity contribution in [3.05, 3.63) is 53.6 Å². The van der Waals surface area contributed by atoms with Crippen molar-refractivity contribution in [2.24, 2.45) is 0 Å². The van der Waals surface area contributed by atoms with Crippen molar-refractivity contribution in [1.29, 1.82) is 0 Å². The smallest absolute Gasteiger partial charge is 0.269 e. The Hall–Kier alpha value is -3.22. The van der Waals surface area contributed by atoms with E-state index in [4.69, 9.17) is 14.2 Å². The van der Waals surface area contributed by atoms with Crippen LogP contribution in [0.25, 0.3) is 0 Å². The van der Waals surface area contributed by atoms with Gasteiger partial charge in [-0.3, -0.25) is 20.4 Å². The van der Waals surface area contributed by atoms with E-state index in [0.717, 1.165) is 5.56 Å². The summed E-state index contributed by atoms with van der Waals surface area (Å²) in [6, 6.07) is 12.2. The molecule has 7 heteroatoms. The average molecular weight is 358 g/mol. The molecule has 0 saturated heterocycles. The minimum Gasteiger partial charge on any atom is -0.493 e.